The highest BCUT2D eigenvalue weighted by molar-refractivity contribution is 7.85. The summed E-state index contributed by atoms with van der Waals surface area (Å²) in [6.07, 6.45) is 0.643. The minimum absolute atomic E-state index is 0.0446. The highest BCUT2D eigenvalue weighted by Gasteiger charge is 2.34. The van der Waals surface area contributed by atoms with E-state index < -0.39 is 10.1 Å². The van der Waals surface area contributed by atoms with Gasteiger partial charge in [-0.15, -0.1) is 0 Å². The lowest BCUT2D eigenvalue weighted by Gasteiger charge is -2.12. The predicted molar refractivity (Wildman–Crippen MR) is 146 cm³/mol. The molecule has 5 N–H and O–H groups in total. The largest absolute Gasteiger partial charge is 0.491 e. The fourth-order valence-electron chi connectivity index (χ4n) is 3.89. The monoisotopic (exact) mass is 553 g/mol. The zero-order valence-corrected chi connectivity index (χ0v) is 22.4. The molecule has 2 atom stereocenters. The lowest BCUT2D eigenvalue weighted by molar-refractivity contribution is -0.143. The van der Waals surface area contributed by atoms with Crippen molar-refractivity contribution in [2.75, 3.05) is 13.7 Å². The average Bonchev–Trinajstić information content (AvgIpc) is 3.26. The van der Waals surface area contributed by atoms with Gasteiger partial charge < -0.3 is 20.5 Å². The van der Waals surface area contributed by atoms with Crippen LogP contribution in [0.5, 0.6) is 5.75 Å². The standard InChI is InChI=1S/C21H23N3O4.C7H8O3S/c1-27-19(25)11-16-10-17(24-21(16)26)12-28-18-8-6-14(7-9-18)13-2-4-15(5-3-13)20(22)23;1-6-2-4-7(5-3-6)11(8,9)10/h2-9,16-17H,10-12H2,1H3,(H3,22,23)(H,24,26);2-5H,1H3,(H,8,9,10)/t16-,17-;/m0./s1. The molecule has 1 aliphatic heterocycles. The Labute approximate surface area is 227 Å². The third-order valence-corrected chi connectivity index (χ3v) is 6.95. The van der Waals surface area contributed by atoms with Gasteiger partial charge in [0.1, 0.15) is 18.2 Å². The molecule has 11 heteroatoms. The van der Waals surface area contributed by atoms with Crippen LogP contribution in [0.1, 0.15) is 24.0 Å². The van der Waals surface area contributed by atoms with Crippen LogP contribution < -0.4 is 15.8 Å². The molecule has 3 aromatic carbocycles. The molecule has 0 radical (unpaired) electrons. The second-order valence-electron chi connectivity index (χ2n) is 9.03. The summed E-state index contributed by atoms with van der Waals surface area (Å²) in [6.45, 7) is 2.18. The van der Waals surface area contributed by atoms with Crippen LogP contribution in [0, 0.1) is 18.3 Å². The van der Waals surface area contributed by atoms with Crippen molar-refractivity contribution in [2.45, 2.75) is 30.7 Å². The fraction of sp³-hybridized carbons (Fsp3) is 0.250. The molecular formula is C28H31N3O7S. The zero-order chi connectivity index (χ0) is 28.6. The van der Waals surface area contributed by atoms with E-state index in [0.717, 1.165) is 16.7 Å². The normalized spacial score (nSPS) is 16.4. The number of carbonyl (C=O) groups is 2. The third-order valence-electron chi connectivity index (χ3n) is 6.08. The Bertz CT molecular complexity index is 1410. The fourth-order valence-corrected chi connectivity index (χ4v) is 4.37. The SMILES string of the molecule is COC(=O)C[C@@H]1C[C@@H](COc2ccc(-c3ccc(C(=N)N)cc3)cc2)NC1=O.Cc1ccc(S(=O)(=O)O)cc1. The Hall–Kier alpha value is -4.22. The number of hydrogen-bond acceptors (Lipinski definition) is 7. The van der Waals surface area contributed by atoms with E-state index in [0.29, 0.717) is 24.3 Å². The number of nitrogens with two attached hydrogens (primary N) is 1. The maximum absolute atomic E-state index is 11.9. The van der Waals surface area contributed by atoms with Crippen LogP contribution in [0.3, 0.4) is 0 Å². The number of nitrogen functional groups attached to an aromatic ring is 1. The van der Waals surface area contributed by atoms with Gasteiger partial charge in [-0.1, -0.05) is 54.1 Å². The second-order valence-corrected chi connectivity index (χ2v) is 10.5. The van der Waals surface area contributed by atoms with E-state index in [1.165, 1.54) is 19.2 Å². The number of nitrogens with one attached hydrogen (secondary N) is 2. The Morgan fingerprint density at radius 3 is 2.10 bits per heavy atom. The summed E-state index contributed by atoms with van der Waals surface area (Å²) in [4.78, 5) is 23.2. The molecule has 1 fully saturated rings. The molecular weight excluding hydrogens is 522 g/mol. The van der Waals surface area contributed by atoms with Gasteiger partial charge in [-0.05, 0) is 48.7 Å². The molecule has 0 aromatic heterocycles. The Morgan fingerprint density at radius 1 is 1.03 bits per heavy atom. The minimum atomic E-state index is -4.02. The molecule has 0 spiro atoms. The van der Waals surface area contributed by atoms with Crippen molar-refractivity contribution in [1.82, 2.24) is 5.32 Å². The summed E-state index contributed by atoms with van der Waals surface area (Å²) >= 11 is 0. The highest BCUT2D eigenvalue weighted by atomic mass is 32.2. The van der Waals surface area contributed by atoms with E-state index >= 15 is 0 Å². The summed E-state index contributed by atoms with van der Waals surface area (Å²) < 4.78 is 40.0. The van der Waals surface area contributed by atoms with Gasteiger partial charge in [-0.25, -0.2) is 0 Å². The van der Waals surface area contributed by atoms with Crippen LogP contribution in [0.15, 0.2) is 77.7 Å². The molecule has 0 bridgehead atoms. The van der Waals surface area contributed by atoms with E-state index in [1.54, 1.807) is 12.1 Å². The molecule has 0 aliphatic carbocycles. The number of amidine groups is 1. The summed E-state index contributed by atoms with van der Waals surface area (Å²) in [6, 6.07) is 21.0. The van der Waals surface area contributed by atoms with Crippen LogP contribution in [-0.2, 0) is 24.4 Å². The third kappa shape index (κ3) is 8.66. The van der Waals surface area contributed by atoms with Gasteiger partial charge in [-0.3, -0.25) is 19.6 Å². The number of methoxy groups -OCH3 is 1. The van der Waals surface area contributed by atoms with E-state index in [1.807, 2.05) is 55.5 Å². The van der Waals surface area contributed by atoms with Gasteiger partial charge >= 0.3 is 5.97 Å². The average molecular weight is 554 g/mol. The van der Waals surface area contributed by atoms with E-state index in [2.05, 4.69) is 10.1 Å². The van der Waals surface area contributed by atoms with Crippen molar-refractivity contribution in [3.63, 3.8) is 0 Å². The van der Waals surface area contributed by atoms with Gasteiger partial charge in [0.15, 0.2) is 0 Å². The number of benzene rings is 3. The number of hydrogen-bond donors (Lipinski definition) is 4. The molecule has 1 heterocycles. The first kappa shape index (κ1) is 29.3. The van der Waals surface area contributed by atoms with Crippen molar-refractivity contribution in [3.8, 4) is 16.9 Å². The molecule has 3 aromatic rings. The van der Waals surface area contributed by atoms with Crippen LogP contribution in [0.2, 0.25) is 0 Å². The van der Waals surface area contributed by atoms with Crippen molar-refractivity contribution < 1.29 is 32.0 Å². The van der Waals surface area contributed by atoms with Crippen LogP contribution in [0.25, 0.3) is 11.1 Å². The molecule has 1 aliphatic rings. The van der Waals surface area contributed by atoms with Crippen LogP contribution in [0.4, 0.5) is 0 Å². The highest BCUT2D eigenvalue weighted by Crippen LogP contribution is 2.24. The Balaban J connectivity index is 0.000000320. The smallest absolute Gasteiger partial charge is 0.306 e. The minimum Gasteiger partial charge on any atom is -0.491 e. The van der Waals surface area contributed by atoms with Gasteiger partial charge in [0.2, 0.25) is 5.91 Å². The van der Waals surface area contributed by atoms with Gasteiger partial charge in [-0.2, -0.15) is 8.42 Å². The number of amides is 1. The number of rotatable bonds is 8. The quantitative estimate of drug-likeness (QED) is 0.142. The molecule has 206 valence electrons. The van der Waals surface area contributed by atoms with E-state index in [4.69, 9.17) is 20.4 Å². The summed E-state index contributed by atoms with van der Waals surface area (Å²) in [5, 5.41) is 10.3. The van der Waals surface area contributed by atoms with Crippen LogP contribution in [-0.4, -0.2) is 50.4 Å². The van der Waals surface area contributed by atoms with Gasteiger partial charge in [0.05, 0.1) is 30.4 Å². The molecule has 39 heavy (non-hydrogen) atoms. The lowest BCUT2D eigenvalue weighted by atomic mass is 10.0. The van der Waals surface area contributed by atoms with Crippen molar-refractivity contribution >= 4 is 27.8 Å². The maximum Gasteiger partial charge on any atom is 0.306 e. The summed E-state index contributed by atoms with van der Waals surface area (Å²) in [5.74, 6) is -0.128. The summed E-state index contributed by atoms with van der Waals surface area (Å²) in [5.41, 5.74) is 9.16. The maximum atomic E-state index is 11.9. The molecule has 1 saturated heterocycles. The second kappa shape index (κ2) is 13.0. The van der Waals surface area contributed by atoms with E-state index in [-0.39, 0.29) is 41.0 Å². The van der Waals surface area contributed by atoms with Crippen molar-refractivity contribution in [1.29, 1.82) is 5.41 Å². The first-order valence-electron chi connectivity index (χ1n) is 12.1. The first-order valence-corrected chi connectivity index (χ1v) is 13.5. The van der Waals surface area contributed by atoms with Crippen molar-refractivity contribution in [3.05, 3.63) is 83.9 Å². The molecule has 4 rings (SSSR count). The van der Waals surface area contributed by atoms with Crippen LogP contribution >= 0.6 is 0 Å². The van der Waals surface area contributed by atoms with E-state index in [9.17, 15) is 18.0 Å². The van der Waals surface area contributed by atoms with Gasteiger partial charge in [0, 0.05) is 5.56 Å². The Morgan fingerprint density at radius 2 is 1.59 bits per heavy atom. The molecule has 0 unspecified atom stereocenters. The van der Waals surface area contributed by atoms with Crippen molar-refractivity contribution in [2.24, 2.45) is 11.7 Å². The zero-order valence-electron chi connectivity index (χ0n) is 21.6. The first-order chi connectivity index (χ1) is 18.5. The number of carbonyl (C=O) groups excluding carboxylic acids is 2. The molecule has 1 amide bonds. The number of ether oxygens (including phenoxy) is 2. The topological polar surface area (TPSA) is 169 Å². The lowest BCUT2D eigenvalue weighted by Crippen LogP contribution is -2.31. The summed E-state index contributed by atoms with van der Waals surface area (Å²) in [7, 11) is -2.70. The Kier molecular flexibility index (Phi) is 9.80. The van der Waals surface area contributed by atoms with Gasteiger partial charge in [0.25, 0.3) is 10.1 Å². The number of aryl methyl sites for hydroxylation is 1. The predicted octanol–water partition coefficient (Wildman–Crippen LogP) is 3.33. The molecule has 0 saturated carbocycles. The molecule has 10 nitrogen and oxygen atoms in total. The number of esters is 1.